The third-order valence-corrected chi connectivity index (χ3v) is 7.91. The summed E-state index contributed by atoms with van der Waals surface area (Å²) < 4.78 is 35.1. The largest absolute Gasteiger partial charge is 0.455 e. The normalized spacial score (nSPS) is 14.0. The van der Waals surface area contributed by atoms with E-state index in [1.165, 1.54) is 30.0 Å². The van der Waals surface area contributed by atoms with Gasteiger partial charge in [-0.05, 0) is 74.0 Å². The molecule has 4 rings (SSSR count). The number of para-hydroxylation sites is 1. The molecular formula is C25H25ClN2O4S2. The van der Waals surface area contributed by atoms with Crippen molar-refractivity contribution in [3.05, 3.63) is 77.3 Å². The van der Waals surface area contributed by atoms with Crippen LogP contribution in [0.25, 0.3) is 0 Å². The summed E-state index contributed by atoms with van der Waals surface area (Å²) in [5.74, 6) is 0.727. The van der Waals surface area contributed by atoms with Crippen LogP contribution in [0, 0.1) is 0 Å². The zero-order chi connectivity index (χ0) is 24.1. The van der Waals surface area contributed by atoms with Gasteiger partial charge in [0.1, 0.15) is 5.75 Å². The van der Waals surface area contributed by atoms with Gasteiger partial charge < -0.3 is 9.64 Å². The van der Waals surface area contributed by atoms with E-state index in [9.17, 15) is 13.2 Å². The Bertz CT molecular complexity index is 1280. The average Bonchev–Trinajstić information content (AvgIpc) is 2.86. The molecule has 9 heteroatoms. The highest BCUT2D eigenvalue weighted by Crippen LogP contribution is 2.34. The van der Waals surface area contributed by atoms with Crippen LogP contribution in [0.1, 0.15) is 29.6 Å². The van der Waals surface area contributed by atoms with Crippen molar-refractivity contribution >= 4 is 45.0 Å². The number of ether oxygens (including phenoxy) is 1. The van der Waals surface area contributed by atoms with E-state index < -0.39 is 10.0 Å². The predicted octanol–water partition coefficient (Wildman–Crippen LogP) is 6.28. The van der Waals surface area contributed by atoms with Gasteiger partial charge in [-0.25, -0.2) is 8.42 Å². The van der Waals surface area contributed by atoms with Gasteiger partial charge in [0.05, 0.1) is 16.1 Å². The van der Waals surface area contributed by atoms with E-state index in [0.29, 0.717) is 35.2 Å². The number of carbonyl (C=O) groups is 1. The molecule has 178 valence electrons. The van der Waals surface area contributed by atoms with E-state index >= 15 is 0 Å². The van der Waals surface area contributed by atoms with Gasteiger partial charge in [0.25, 0.3) is 15.9 Å². The van der Waals surface area contributed by atoms with Crippen LogP contribution < -0.4 is 9.46 Å². The molecule has 1 aliphatic heterocycles. The van der Waals surface area contributed by atoms with Gasteiger partial charge in [0, 0.05) is 23.0 Å². The number of hydrogen-bond donors (Lipinski definition) is 1. The van der Waals surface area contributed by atoms with Crippen LogP contribution in [0.15, 0.2) is 76.5 Å². The molecule has 0 aromatic heterocycles. The van der Waals surface area contributed by atoms with Crippen molar-refractivity contribution in [3.8, 4) is 11.5 Å². The number of likely N-dealkylation sites (tertiary alicyclic amines) is 1. The number of thioether (sulfide) groups is 1. The Morgan fingerprint density at radius 3 is 2.44 bits per heavy atom. The molecule has 1 amide bonds. The Morgan fingerprint density at radius 2 is 1.74 bits per heavy atom. The molecule has 1 aliphatic rings. The Balaban J connectivity index is 1.65. The molecule has 1 heterocycles. The summed E-state index contributed by atoms with van der Waals surface area (Å²) in [6.07, 6.45) is 4.89. The van der Waals surface area contributed by atoms with Crippen molar-refractivity contribution in [2.45, 2.75) is 29.1 Å². The van der Waals surface area contributed by atoms with E-state index in [1.54, 1.807) is 35.2 Å². The van der Waals surface area contributed by atoms with Crippen molar-refractivity contribution in [1.29, 1.82) is 0 Å². The third kappa shape index (κ3) is 5.68. The number of amides is 1. The van der Waals surface area contributed by atoms with Crippen molar-refractivity contribution in [2.24, 2.45) is 0 Å². The molecule has 0 saturated carbocycles. The standard InChI is InChI=1S/C25H25ClN2O4S2/c1-33-24-13-11-20(17-21(24)25(29)28-14-6-3-7-15-28)34(30,31)27-22-16-18(26)10-12-23(22)32-19-8-4-2-5-9-19/h2,4-5,8-13,16-17,27H,3,6-7,14-15H2,1H3. The van der Waals surface area contributed by atoms with Crippen molar-refractivity contribution < 1.29 is 17.9 Å². The first-order valence-electron chi connectivity index (χ1n) is 10.9. The molecule has 0 aliphatic carbocycles. The number of hydrogen-bond acceptors (Lipinski definition) is 5. The molecule has 3 aromatic carbocycles. The zero-order valence-electron chi connectivity index (χ0n) is 18.7. The van der Waals surface area contributed by atoms with E-state index in [0.717, 1.165) is 24.2 Å². The van der Waals surface area contributed by atoms with Crippen LogP contribution in [-0.4, -0.2) is 38.6 Å². The molecule has 1 saturated heterocycles. The molecule has 0 unspecified atom stereocenters. The second kappa shape index (κ2) is 10.7. The topological polar surface area (TPSA) is 75.7 Å². The number of rotatable bonds is 7. The molecule has 1 N–H and O–H groups in total. The van der Waals surface area contributed by atoms with Gasteiger partial charge in [0.15, 0.2) is 5.75 Å². The second-order valence-electron chi connectivity index (χ2n) is 7.88. The minimum atomic E-state index is -4.03. The van der Waals surface area contributed by atoms with Crippen LogP contribution in [0.5, 0.6) is 11.5 Å². The summed E-state index contributed by atoms with van der Waals surface area (Å²) in [6.45, 7) is 1.37. The Morgan fingerprint density at radius 1 is 1.00 bits per heavy atom. The lowest BCUT2D eigenvalue weighted by Gasteiger charge is -2.27. The fourth-order valence-corrected chi connectivity index (χ4v) is 5.61. The lowest BCUT2D eigenvalue weighted by molar-refractivity contribution is 0.0720. The van der Waals surface area contributed by atoms with E-state index in [2.05, 4.69) is 4.72 Å². The minimum absolute atomic E-state index is 0.00343. The first-order chi connectivity index (χ1) is 16.4. The van der Waals surface area contributed by atoms with Gasteiger partial charge in [0.2, 0.25) is 0 Å². The van der Waals surface area contributed by atoms with Gasteiger partial charge in [-0.15, -0.1) is 11.8 Å². The SMILES string of the molecule is CSc1ccc(S(=O)(=O)Nc2cc(Cl)ccc2Oc2ccccc2)cc1C(=O)N1CCCCC1. The van der Waals surface area contributed by atoms with Crippen LogP contribution >= 0.6 is 23.4 Å². The molecule has 0 bridgehead atoms. The number of anilines is 1. The molecule has 3 aromatic rings. The fourth-order valence-electron chi connectivity index (χ4n) is 3.78. The highest BCUT2D eigenvalue weighted by atomic mass is 35.5. The van der Waals surface area contributed by atoms with Gasteiger partial charge in [-0.3, -0.25) is 9.52 Å². The monoisotopic (exact) mass is 516 g/mol. The molecule has 0 spiro atoms. The van der Waals surface area contributed by atoms with Gasteiger partial charge in [-0.2, -0.15) is 0 Å². The Kier molecular flexibility index (Phi) is 7.70. The van der Waals surface area contributed by atoms with Crippen molar-refractivity contribution in [3.63, 3.8) is 0 Å². The van der Waals surface area contributed by atoms with Crippen LogP contribution in [0.4, 0.5) is 5.69 Å². The number of piperidine rings is 1. The maximum atomic E-state index is 13.3. The van der Waals surface area contributed by atoms with Crippen molar-refractivity contribution in [2.75, 3.05) is 24.1 Å². The van der Waals surface area contributed by atoms with E-state index in [-0.39, 0.29) is 16.5 Å². The maximum Gasteiger partial charge on any atom is 0.262 e. The predicted molar refractivity (Wildman–Crippen MR) is 137 cm³/mol. The first-order valence-corrected chi connectivity index (χ1v) is 14.0. The summed E-state index contributed by atoms with van der Waals surface area (Å²) in [4.78, 5) is 15.7. The van der Waals surface area contributed by atoms with Crippen LogP contribution in [-0.2, 0) is 10.0 Å². The summed E-state index contributed by atoms with van der Waals surface area (Å²) in [5, 5.41) is 0.358. The molecule has 0 atom stereocenters. The van der Waals surface area contributed by atoms with Crippen LogP contribution in [0.3, 0.4) is 0 Å². The number of carbonyl (C=O) groups excluding carboxylic acids is 1. The third-order valence-electron chi connectivity index (χ3n) is 5.51. The highest BCUT2D eigenvalue weighted by molar-refractivity contribution is 7.98. The lowest BCUT2D eigenvalue weighted by Crippen LogP contribution is -2.36. The summed E-state index contributed by atoms with van der Waals surface area (Å²) >= 11 is 7.56. The summed E-state index contributed by atoms with van der Waals surface area (Å²) in [5.41, 5.74) is 0.596. The molecule has 0 radical (unpaired) electrons. The molecule has 6 nitrogen and oxygen atoms in total. The van der Waals surface area contributed by atoms with Crippen LogP contribution in [0.2, 0.25) is 5.02 Å². The molecular weight excluding hydrogens is 492 g/mol. The Hall–Kier alpha value is -2.68. The summed E-state index contributed by atoms with van der Waals surface area (Å²) in [6, 6.07) is 18.4. The zero-order valence-corrected chi connectivity index (χ0v) is 21.0. The van der Waals surface area contributed by atoms with E-state index in [4.69, 9.17) is 16.3 Å². The first kappa shape index (κ1) is 24.4. The highest BCUT2D eigenvalue weighted by Gasteiger charge is 2.24. The van der Waals surface area contributed by atoms with Gasteiger partial charge >= 0.3 is 0 Å². The smallest absolute Gasteiger partial charge is 0.262 e. The second-order valence-corrected chi connectivity index (χ2v) is 10.8. The quantitative estimate of drug-likeness (QED) is 0.374. The number of halogens is 1. The number of nitrogens with zero attached hydrogens (tertiary/aromatic N) is 1. The van der Waals surface area contributed by atoms with Gasteiger partial charge in [-0.1, -0.05) is 29.8 Å². The Labute approximate surface area is 209 Å². The van der Waals surface area contributed by atoms with Crippen molar-refractivity contribution in [1.82, 2.24) is 4.90 Å². The molecule has 1 fully saturated rings. The van der Waals surface area contributed by atoms with E-state index in [1.807, 2.05) is 24.5 Å². The summed E-state index contributed by atoms with van der Waals surface area (Å²) in [7, 11) is -4.03. The minimum Gasteiger partial charge on any atom is -0.455 e. The number of benzene rings is 3. The maximum absolute atomic E-state index is 13.3. The lowest BCUT2D eigenvalue weighted by atomic mass is 10.1. The number of nitrogens with one attached hydrogen (secondary N) is 1. The number of sulfonamides is 1. The average molecular weight is 517 g/mol. The fraction of sp³-hybridized carbons (Fsp3) is 0.240. The molecule has 34 heavy (non-hydrogen) atoms.